The average Bonchev–Trinajstić information content (AvgIpc) is 2.36. The van der Waals surface area contributed by atoms with Gasteiger partial charge < -0.3 is 20.8 Å². The molecule has 1 aromatic rings. The van der Waals surface area contributed by atoms with Crippen molar-refractivity contribution in [1.29, 1.82) is 0 Å². The Balaban J connectivity index is 2.23. The molecule has 4 N–H and O–H groups in total. The van der Waals surface area contributed by atoms with Crippen LogP contribution in [0.4, 0.5) is 4.79 Å². The fraction of sp³-hybridized carbons (Fsp3) is 0.417. The fourth-order valence-corrected chi connectivity index (χ4v) is 1.38. The number of urea groups is 1. The van der Waals surface area contributed by atoms with Crippen LogP contribution in [0, 0.1) is 6.92 Å². The zero-order valence-corrected chi connectivity index (χ0v) is 10.6. The monoisotopic (exact) mass is 267 g/mol. The highest BCUT2D eigenvalue weighted by Crippen LogP contribution is 1.97. The van der Waals surface area contributed by atoms with Gasteiger partial charge in [0.1, 0.15) is 0 Å². The molecule has 0 saturated carbocycles. The zero-order valence-electron chi connectivity index (χ0n) is 10.6. The molecule has 0 radical (unpaired) electrons. The van der Waals surface area contributed by atoms with Gasteiger partial charge in [-0.05, 0) is 19.1 Å². The third-order valence-corrected chi connectivity index (χ3v) is 2.36. The first-order chi connectivity index (χ1) is 8.99. The lowest BCUT2D eigenvalue weighted by atomic mass is 10.2. The second-order valence-electron chi connectivity index (χ2n) is 4.02. The standard InChI is InChI=1S/C12H17N3O4/c1-8-3-2-4-9(15-8)7-14-12(19)13-6-5-10(16)11(17)18/h2-4,10,16H,5-7H2,1H3,(H,17,18)(H2,13,14,19)/t10-/m0/s1. The summed E-state index contributed by atoms with van der Waals surface area (Å²) in [6, 6.07) is 5.07. The average molecular weight is 267 g/mol. The van der Waals surface area contributed by atoms with Gasteiger partial charge in [0, 0.05) is 18.7 Å². The van der Waals surface area contributed by atoms with E-state index in [4.69, 9.17) is 10.2 Å². The smallest absolute Gasteiger partial charge is 0.332 e. The van der Waals surface area contributed by atoms with E-state index >= 15 is 0 Å². The second kappa shape index (κ2) is 7.32. The molecule has 1 atom stereocenters. The van der Waals surface area contributed by atoms with Crippen LogP contribution in [-0.4, -0.2) is 39.8 Å². The van der Waals surface area contributed by atoms with E-state index in [1.54, 1.807) is 6.07 Å². The van der Waals surface area contributed by atoms with Crippen LogP contribution in [0.3, 0.4) is 0 Å². The number of carboxylic acid groups (broad SMARTS) is 1. The van der Waals surface area contributed by atoms with E-state index in [1.165, 1.54) is 0 Å². The Morgan fingerprint density at radius 2 is 2.11 bits per heavy atom. The van der Waals surface area contributed by atoms with Crippen molar-refractivity contribution in [2.24, 2.45) is 0 Å². The molecule has 1 heterocycles. The lowest BCUT2D eigenvalue weighted by Crippen LogP contribution is -2.37. The molecule has 104 valence electrons. The van der Waals surface area contributed by atoms with Crippen LogP contribution >= 0.6 is 0 Å². The molecule has 0 saturated heterocycles. The first-order valence-electron chi connectivity index (χ1n) is 5.84. The number of amides is 2. The number of aromatic nitrogens is 1. The summed E-state index contributed by atoms with van der Waals surface area (Å²) in [4.78, 5) is 25.9. The van der Waals surface area contributed by atoms with Gasteiger partial charge in [0.2, 0.25) is 0 Å². The Morgan fingerprint density at radius 1 is 1.37 bits per heavy atom. The number of carbonyl (C=O) groups excluding carboxylic acids is 1. The summed E-state index contributed by atoms with van der Waals surface area (Å²) in [5.41, 5.74) is 1.60. The van der Waals surface area contributed by atoms with E-state index in [1.807, 2.05) is 19.1 Å². The van der Waals surface area contributed by atoms with Crippen molar-refractivity contribution in [3.63, 3.8) is 0 Å². The molecular weight excluding hydrogens is 250 g/mol. The number of hydrogen-bond donors (Lipinski definition) is 4. The summed E-state index contributed by atoms with van der Waals surface area (Å²) < 4.78 is 0. The first kappa shape index (κ1) is 14.9. The molecule has 0 spiro atoms. The molecule has 1 aromatic heterocycles. The minimum Gasteiger partial charge on any atom is -0.479 e. The maximum atomic E-state index is 11.4. The van der Waals surface area contributed by atoms with Crippen molar-refractivity contribution >= 4 is 12.0 Å². The third-order valence-electron chi connectivity index (χ3n) is 2.36. The molecule has 0 aliphatic carbocycles. The molecule has 0 aliphatic rings. The Bertz CT molecular complexity index is 450. The minimum absolute atomic E-state index is 0.0363. The van der Waals surface area contributed by atoms with E-state index in [-0.39, 0.29) is 19.5 Å². The maximum Gasteiger partial charge on any atom is 0.332 e. The Labute approximate surface area is 110 Å². The van der Waals surface area contributed by atoms with Crippen molar-refractivity contribution in [2.45, 2.75) is 26.0 Å². The number of carboxylic acids is 1. The third kappa shape index (κ3) is 5.82. The lowest BCUT2D eigenvalue weighted by molar-refractivity contribution is -0.146. The van der Waals surface area contributed by atoms with Crippen molar-refractivity contribution in [1.82, 2.24) is 15.6 Å². The predicted octanol–water partition coefficient (Wildman–Crippen LogP) is 0.0248. The van der Waals surface area contributed by atoms with Crippen LogP contribution in [0.5, 0.6) is 0 Å². The van der Waals surface area contributed by atoms with Gasteiger partial charge in [-0.15, -0.1) is 0 Å². The van der Waals surface area contributed by atoms with E-state index in [2.05, 4.69) is 15.6 Å². The van der Waals surface area contributed by atoms with Gasteiger partial charge >= 0.3 is 12.0 Å². The number of aliphatic hydroxyl groups is 1. The second-order valence-corrected chi connectivity index (χ2v) is 4.02. The summed E-state index contributed by atoms with van der Waals surface area (Å²) in [6.45, 7) is 2.23. The van der Waals surface area contributed by atoms with Gasteiger partial charge in [0.25, 0.3) is 0 Å². The molecule has 0 fully saturated rings. The highest BCUT2D eigenvalue weighted by molar-refractivity contribution is 5.74. The molecule has 7 nitrogen and oxygen atoms in total. The SMILES string of the molecule is Cc1cccc(CNC(=O)NCC[C@H](O)C(=O)O)n1. The summed E-state index contributed by atoms with van der Waals surface area (Å²) in [6.07, 6.45) is -1.50. The zero-order chi connectivity index (χ0) is 14.3. The van der Waals surface area contributed by atoms with E-state index in [0.717, 1.165) is 11.4 Å². The van der Waals surface area contributed by atoms with Gasteiger partial charge in [0.05, 0.1) is 12.2 Å². The summed E-state index contributed by atoms with van der Waals surface area (Å²) in [5.74, 6) is -1.30. The number of aliphatic carboxylic acids is 1. The molecular formula is C12H17N3O4. The van der Waals surface area contributed by atoms with Crippen molar-refractivity contribution in [2.75, 3.05) is 6.54 Å². The number of pyridine rings is 1. The predicted molar refractivity (Wildman–Crippen MR) is 67.5 cm³/mol. The number of rotatable bonds is 6. The maximum absolute atomic E-state index is 11.4. The molecule has 0 aromatic carbocycles. The number of hydrogen-bond acceptors (Lipinski definition) is 4. The number of nitrogens with zero attached hydrogens (tertiary/aromatic N) is 1. The van der Waals surface area contributed by atoms with Gasteiger partial charge in [-0.2, -0.15) is 0 Å². The van der Waals surface area contributed by atoms with Gasteiger partial charge in [-0.3, -0.25) is 4.98 Å². The Morgan fingerprint density at radius 3 is 2.74 bits per heavy atom. The van der Waals surface area contributed by atoms with E-state index < -0.39 is 18.1 Å². The van der Waals surface area contributed by atoms with Crippen LogP contribution in [0.2, 0.25) is 0 Å². The highest BCUT2D eigenvalue weighted by atomic mass is 16.4. The highest BCUT2D eigenvalue weighted by Gasteiger charge is 2.12. The summed E-state index contributed by atoms with van der Waals surface area (Å²) in [5, 5.41) is 22.5. The topological polar surface area (TPSA) is 112 Å². The Hall–Kier alpha value is -2.15. The number of nitrogens with one attached hydrogen (secondary N) is 2. The number of aryl methyl sites for hydroxylation is 1. The number of carbonyl (C=O) groups is 2. The van der Waals surface area contributed by atoms with Crippen LogP contribution in [-0.2, 0) is 11.3 Å². The van der Waals surface area contributed by atoms with Crippen molar-refractivity contribution in [3.8, 4) is 0 Å². The molecule has 0 aliphatic heterocycles. The van der Waals surface area contributed by atoms with Crippen LogP contribution in [0.1, 0.15) is 17.8 Å². The molecule has 2 amide bonds. The van der Waals surface area contributed by atoms with E-state index in [9.17, 15) is 9.59 Å². The van der Waals surface area contributed by atoms with Crippen molar-refractivity contribution < 1.29 is 19.8 Å². The van der Waals surface area contributed by atoms with E-state index in [0.29, 0.717) is 0 Å². The first-order valence-corrected chi connectivity index (χ1v) is 5.84. The summed E-state index contributed by atoms with van der Waals surface area (Å²) in [7, 11) is 0. The normalized spacial score (nSPS) is 11.7. The van der Waals surface area contributed by atoms with Crippen LogP contribution in [0.25, 0.3) is 0 Å². The van der Waals surface area contributed by atoms with Crippen LogP contribution in [0.15, 0.2) is 18.2 Å². The van der Waals surface area contributed by atoms with Crippen molar-refractivity contribution in [3.05, 3.63) is 29.6 Å². The lowest BCUT2D eigenvalue weighted by Gasteiger charge is -2.09. The van der Waals surface area contributed by atoms with Gasteiger partial charge in [-0.1, -0.05) is 6.07 Å². The summed E-state index contributed by atoms with van der Waals surface area (Å²) >= 11 is 0. The molecule has 1 rings (SSSR count). The van der Waals surface area contributed by atoms with Crippen LogP contribution < -0.4 is 10.6 Å². The Kier molecular flexibility index (Phi) is 5.74. The molecule has 19 heavy (non-hydrogen) atoms. The largest absolute Gasteiger partial charge is 0.479 e. The molecule has 0 unspecified atom stereocenters. The quantitative estimate of drug-likeness (QED) is 0.581. The van der Waals surface area contributed by atoms with Gasteiger partial charge in [0.15, 0.2) is 6.10 Å². The number of aliphatic hydroxyl groups excluding tert-OH is 1. The molecule has 0 bridgehead atoms. The minimum atomic E-state index is -1.46. The van der Waals surface area contributed by atoms with Gasteiger partial charge in [-0.25, -0.2) is 9.59 Å². The fourth-order valence-electron chi connectivity index (χ4n) is 1.38. The molecule has 7 heteroatoms.